The molecule has 66 valence electrons. The fourth-order valence-electron chi connectivity index (χ4n) is 1.28. The molecule has 0 aliphatic rings. The lowest BCUT2D eigenvalue weighted by molar-refractivity contribution is 0.922. The standard InChI is InChI=1S/C10H14BrN/c1-3-4-8-7-9(11)5-6-10(8)12-2/h5-7,12H,3-4H2,1-2H3. The van der Waals surface area contributed by atoms with Crippen LogP contribution in [0.2, 0.25) is 0 Å². The van der Waals surface area contributed by atoms with Gasteiger partial charge >= 0.3 is 0 Å². The zero-order valence-electron chi connectivity index (χ0n) is 7.52. The molecule has 2 heteroatoms. The van der Waals surface area contributed by atoms with E-state index in [-0.39, 0.29) is 0 Å². The predicted octanol–water partition coefficient (Wildman–Crippen LogP) is 3.44. The molecule has 0 spiro atoms. The van der Waals surface area contributed by atoms with Crippen LogP contribution in [-0.2, 0) is 6.42 Å². The first-order valence-corrected chi connectivity index (χ1v) is 5.03. The van der Waals surface area contributed by atoms with Gasteiger partial charge in [0.2, 0.25) is 0 Å². The Kier molecular flexibility index (Phi) is 3.60. The van der Waals surface area contributed by atoms with Crippen molar-refractivity contribution in [3.05, 3.63) is 28.2 Å². The van der Waals surface area contributed by atoms with Gasteiger partial charge in [0.25, 0.3) is 0 Å². The molecule has 0 saturated heterocycles. The molecule has 1 rings (SSSR count). The maximum atomic E-state index is 3.47. The Labute approximate surface area is 82.3 Å². The summed E-state index contributed by atoms with van der Waals surface area (Å²) in [6.07, 6.45) is 2.32. The molecular formula is C10H14BrN. The van der Waals surface area contributed by atoms with Crippen molar-refractivity contribution in [2.45, 2.75) is 19.8 Å². The van der Waals surface area contributed by atoms with Crippen LogP contribution in [0.15, 0.2) is 22.7 Å². The number of rotatable bonds is 3. The lowest BCUT2D eigenvalue weighted by Gasteiger charge is -2.07. The summed E-state index contributed by atoms with van der Waals surface area (Å²) in [5.41, 5.74) is 2.62. The molecular weight excluding hydrogens is 214 g/mol. The number of hydrogen-bond acceptors (Lipinski definition) is 1. The van der Waals surface area contributed by atoms with Crippen LogP contribution in [-0.4, -0.2) is 7.05 Å². The monoisotopic (exact) mass is 227 g/mol. The van der Waals surface area contributed by atoms with Crippen LogP contribution in [0.4, 0.5) is 5.69 Å². The topological polar surface area (TPSA) is 12.0 Å². The van der Waals surface area contributed by atoms with E-state index < -0.39 is 0 Å². The Morgan fingerprint density at radius 2 is 2.17 bits per heavy atom. The third-order valence-electron chi connectivity index (χ3n) is 1.86. The lowest BCUT2D eigenvalue weighted by atomic mass is 10.1. The van der Waals surface area contributed by atoms with E-state index in [1.54, 1.807) is 0 Å². The third kappa shape index (κ3) is 2.24. The highest BCUT2D eigenvalue weighted by molar-refractivity contribution is 9.10. The molecule has 0 aliphatic heterocycles. The van der Waals surface area contributed by atoms with Crippen LogP contribution in [0.3, 0.4) is 0 Å². The molecule has 0 bridgehead atoms. The summed E-state index contributed by atoms with van der Waals surface area (Å²) in [5.74, 6) is 0. The van der Waals surface area contributed by atoms with E-state index in [9.17, 15) is 0 Å². The Morgan fingerprint density at radius 3 is 2.75 bits per heavy atom. The van der Waals surface area contributed by atoms with Crippen LogP contribution < -0.4 is 5.32 Å². The Morgan fingerprint density at radius 1 is 1.42 bits per heavy atom. The third-order valence-corrected chi connectivity index (χ3v) is 2.35. The molecule has 1 N–H and O–H groups in total. The van der Waals surface area contributed by atoms with Crippen molar-refractivity contribution in [1.82, 2.24) is 0 Å². The fraction of sp³-hybridized carbons (Fsp3) is 0.400. The number of hydrogen-bond donors (Lipinski definition) is 1. The van der Waals surface area contributed by atoms with Crippen LogP contribution in [0, 0.1) is 0 Å². The van der Waals surface area contributed by atoms with Crippen molar-refractivity contribution in [3.63, 3.8) is 0 Å². The average molecular weight is 228 g/mol. The molecule has 0 heterocycles. The Balaban J connectivity index is 2.95. The summed E-state index contributed by atoms with van der Waals surface area (Å²) in [7, 11) is 1.96. The van der Waals surface area contributed by atoms with E-state index in [2.05, 4.69) is 46.4 Å². The molecule has 0 radical (unpaired) electrons. The van der Waals surface area contributed by atoms with Crippen molar-refractivity contribution in [1.29, 1.82) is 0 Å². The summed E-state index contributed by atoms with van der Waals surface area (Å²) in [6, 6.07) is 6.34. The smallest absolute Gasteiger partial charge is 0.0370 e. The van der Waals surface area contributed by atoms with Crippen LogP contribution in [0.25, 0.3) is 0 Å². The molecule has 0 aliphatic carbocycles. The van der Waals surface area contributed by atoms with Gasteiger partial charge in [0.05, 0.1) is 0 Å². The molecule has 0 saturated carbocycles. The second-order valence-corrected chi connectivity index (χ2v) is 3.72. The van der Waals surface area contributed by atoms with Gasteiger partial charge in [-0.3, -0.25) is 0 Å². The lowest BCUT2D eigenvalue weighted by Crippen LogP contribution is -1.94. The van der Waals surface area contributed by atoms with E-state index in [1.165, 1.54) is 17.7 Å². The van der Waals surface area contributed by atoms with Crippen LogP contribution in [0.5, 0.6) is 0 Å². The highest BCUT2D eigenvalue weighted by atomic mass is 79.9. The highest BCUT2D eigenvalue weighted by Gasteiger charge is 1.99. The van der Waals surface area contributed by atoms with Gasteiger partial charge in [0, 0.05) is 17.2 Å². The minimum atomic E-state index is 1.13. The van der Waals surface area contributed by atoms with Crippen molar-refractivity contribution in [3.8, 4) is 0 Å². The van der Waals surface area contributed by atoms with Gasteiger partial charge in [0.1, 0.15) is 0 Å². The van der Waals surface area contributed by atoms with Gasteiger partial charge in [-0.05, 0) is 30.2 Å². The van der Waals surface area contributed by atoms with Gasteiger partial charge in [-0.25, -0.2) is 0 Å². The van der Waals surface area contributed by atoms with Crippen molar-refractivity contribution < 1.29 is 0 Å². The van der Waals surface area contributed by atoms with Gasteiger partial charge in [0.15, 0.2) is 0 Å². The second-order valence-electron chi connectivity index (χ2n) is 2.80. The van der Waals surface area contributed by atoms with Crippen molar-refractivity contribution >= 4 is 21.6 Å². The molecule has 0 unspecified atom stereocenters. The van der Waals surface area contributed by atoms with Crippen LogP contribution >= 0.6 is 15.9 Å². The molecule has 0 amide bonds. The van der Waals surface area contributed by atoms with Gasteiger partial charge in [-0.2, -0.15) is 0 Å². The first-order chi connectivity index (χ1) is 5.77. The second kappa shape index (κ2) is 4.51. The average Bonchev–Trinajstić information content (AvgIpc) is 2.05. The maximum Gasteiger partial charge on any atom is 0.0370 e. The summed E-state index contributed by atoms with van der Waals surface area (Å²) < 4.78 is 1.16. The minimum Gasteiger partial charge on any atom is -0.388 e. The summed E-state index contributed by atoms with van der Waals surface area (Å²) in [4.78, 5) is 0. The molecule has 0 atom stereocenters. The van der Waals surface area contributed by atoms with E-state index in [0.717, 1.165) is 10.9 Å². The summed E-state index contributed by atoms with van der Waals surface area (Å²) >= 11 is 3.47. The zero-order valence-corrected chi connectivity index (χ0v) is 9.11. The van der Waals surface area contributed by atoms with Crippen LogP contribution in [0.1, 0.15) is 18.9 Å². The van der Waals surface area contributed by atoms with Crippen molar-refractivity contribution in [2.24, 2.45) is 0 Å². The molecule has 0 aromatic heterocycles. The van der Waals surface area contributed by atoms with E-state index in [0.29, 0.717) is 0 Å². The molecule has 1 aromatic rings. The number of aryl methyl sites for hydroxylation is 1. The maximum absolute atomic E-state index is 3.47. The van der Waals surface area contributed by atoms with Gasteiger partial charge in [-0.1, -0.05) is 29.3 Å². The van der Waals surface area contributed by atoms with E-state index in [1.807, 2.05) is 7.05 Å². The van der Waals surface area contributed by atoms with Crippen molar-refractivity contribution in [2.75, 3.05) is 12.4 Å². The largest absolute Gasteiger partial charge is 0.388 e. The van der Waals surface area contributed by atoms with E-state index >= 15 is 0 Å². The molecule has 0 fully saturated rings. The molecule has 12 heavy (non-hydrogen) atoms. The molecule has 1 nitrogen and oxygen atoms in total. The number of nitrogens with one attached hydrogen (secondary N) is 1. The first kappa shape index (κ1) is 9.59. The summed E-state index contributed by atoms with van der Waals surface area (Å²) in [5, 5.41) is 3.19. The van der Waals surface area contributed by atoms with E-state index in [4.69, 9.17) is 0 Å². The number of benzene rings is 1. The number of anilines is 1. The Bertz CT molecular complexity index is 258. The fourth-order valence-corrected chi connectivity index (χ4v) is 1.69. The molecule has 1 aromatic carbocycles. The first-order valence-electron chi connectivity index (χ1n) is 4.24. The number of halogens is 1. The highest BCUT2D eigenvalue weighted by Crippen LogP contribution is 2.21. The minimum absolute atomic E-state index is 1.13. The van der Waals surface area contributed by atoms with Gasteiger partial charge < -0.3 is 5.32 Å². The van der Waals surface area contributed by atoms with Gasteiger partial charge in [-0.15, -0.1) is 0 Å². The Hall–Kier alpha value is -0.500. The quantitative estimate of drug-likeness (QED) is 0.835. The normalized spacial score (nSPS) is 9.92. The predicted molar refractivity (Wildman–Crippen MR) is 57.7 cm³/mol. The SMILES string of the molecule is CCCc1cc(Br)ccc1NC. The zero-order chi connectivity index (χ0) is 8.97. The summed E-state index contributed by atoms with van der Waals surface area (Å²) in [6.45, 7) is 2.19.